The number of rotatable bonds is 5. The number of hydrogen-bond acceptors (Lipinski definition) is 5. The fraction of sp³-hybridized carbons (Fsp3) is 0.562. The maximum Gasteiger partial charge on any atom is 0.418 e. The number of aliphatic hydroxyl groups is 1. The smallest absolute Gasteiger partial charge is 0.387 e. The van der Waals surface area contributed by atoms with Crippen molar-refractivity contribution in [2.24, 2.45) is 0 Å². The van der Waals surface area contributed by atoms with Gasteiger partial charge in [0, 0.05) is 31.9 Å². The van der Waals surface area contributed by atoms with Crippen molar-refractivity contribution in [3.63, 3.8) is 0 Å². The lowest BCUT2D eigenvalue weighted by Crippen LogP contribution is -2.49. The van der Waals surface area contributed by atoms with E-state index in [1.165, 1.54) is 0 Å². The molecule has 0 bridgehead atoms. The first-order valence-electron chi connectivity index (χ1n) is 7.59. The molecule has 1 heterocycles. The van der Waals surface area contributed by atoms with Gasteiger partial charge in [-0.05, 0) is 25.1 Å². The highest BCUT2D eigenvalue weighted by molar-refractivity contribution is 5.57. The fourth-order valence-corrected chi connectivity index (χ4v) is 2.59. The number of hydrogen-bond donors (Lipinski definition) is 2. The lowest BCUT2D eigenvalue weighted by molar-refractivity contribution is -0.137. The molecule has 0 amide bonds. The Morgan fingerprint density at radius 2 is 2.00 bits per heavy atom. The number of β-amino-alcohol motifs (C(OH)–C–C–N with tert-alkyl or cyclic N) is 1. The van der Waals surface area contributed by atoms with E-state index in [4.69, 9.17) is 10.00 Å². The van der Waals surface area contributed by atoms with E-state index >= 15 is 0 Å². The summed E-state index contributed by atoms with van der Waals surface area (Å²) in [5.74, 6) is 0. The van der Waals surface area contributed by atoms with Crippen molar-refractivity contribution in [3.05, 3.63) is 29.3 Å². The molecule has 0 saturated carbocycles. The van der Waals surface area contributed by atoms with Crippen LogP contribution in [-0.4, -0.2) is 55.0 Å². The Labute approximate surface area is 138 Å². The van der Waals surface area contributed by atoms with Gasteiger partial charge in [0.15, 0.2) is 0 Å². The average Bonchev–Trinajstić information content (AvgIpc) is 2.52. The number of nitriles is 1. The van der Waals surface area contributed by atoms with E-state index in [0.717, 1.165) is 18.2 Å². The summed E-state index contributed by atoms with van der Waals surface area (Å²) in [7, 11) is 0. The van der Waals surface area contributed by atoms with Gasteiger partial charge in [0.25, 0.3) is 0 Å². The van der Waals surface area contributed by atoms with Crippen molar-refractivity contribution < 1.29 is 23.0 Å². The molecule has 2 rings (SSSR count). The molecule has 0 aliphatic carbocycles. The number of benzene rings is 1. The van der Waals surface area contributed by atoms with Gasteiger partial charge in [-0.15, -0.1) is 0 Å². The molecule has 24 heavy (non-hydrogen) atoms. The Bertz CT molecular complexity index is 606. The monoisotopic (exact) mass is 343 g/mol. The molecule has 8 heteroatoms. The van der Waals surface area contributed by atoms with Crippen LogP contribution in [0, 0.1) is 11.3 Å². The van der Waals surface area contributed by atoms with Crippen LogP contribution in [0.2, 0.25) is 0 Å². The summed E-state index contributed by atoms with van der Waals surface area (Å²) in [4.78, 5) is 2.00. The van der Waals surface area contributed by atoms with Gasteiger partial charge in [0.1, 0.15) is 0 Å². The predicted molar refractivity (Wildman–Crippen MR) is 82.5 cm³/mol. The number of nitrogens with zero attached hydrogens (tertiary/aromatic N) is 2. The number of nitrogens with one attached hydrogen (secondary N) is 1. The largest absolute Gasteiger partial charge is 0.418 e. The van der Waals surface area contributed by atoms with Crippen molar-refractivity contribution in [2.75, 3.05) is 44.7 Å². The molecule has 1 saturated heterocycles. The molecular weight excluding hydrogens is 323 g/mol. The normalized spacial score (nSPS) is 18.7. The second kappa shape index (κ2) is 7.38. The highest BCUT2D eigenvalue weighted by Gasteiger charge is 2.34. The van der Waals surface area contributed by atoms with E-state index in [0.29, 0.717) is 32.8 Å². The van der Waals surface area contributed by atoms with Crippen LogP contribution in [0.4, 0.5) is 18.9 Å². The van der Waals surface area contributed by atoms with Crippen LogP contribution in [0.1, 0.15) is 18.1 Å². The highest BCUT2D eigenvalue weighted by atomic mass is 19.4. The summed E-state index contributed by atoms with van der Waals surface area (Å²) in [6.45, 7) is 4.32. The first-order chi connectivity index (χ1) is 11.2. The standard InChI is InChI=1S/C16H20F3N3O2/c1-15(23,11-22-4-6-24-7-5-22)10-21-14-8-12(9-20)2-3-13(14)16(17,18)19/h2-3,8,21,23H,4-7,10-11H2,1H3. The summed E-state index contributed by atoms with van der Waals surface area (Å²) < 4.78 is 44.4. The summed E-state index contributed by atoms with van der Waals surface area (Å²) in [6.07, 6.45) is -4.54. The van der Waals surface area contributed by atoms with E-state index in [1.54, 1.807) is 6.92 Å². The van der Waals surface area contributed by atoms with Crippen molar-refractivity contribution in [1.82, 2.24) is 4.90 Å². The SMILES string of the molecule is CC(O)(CNc1cc(C#N)ccc1C(F)(F)F)CN1CCOCC1. The maximum atomic E-state index is 13.1. The molecule has 1 fully saturated rings. The van der Waals surface area contributed by atoms with Crippen LogP contribution in [0.3, 0.4) is 0 Å². The molecular formula is C16H20F3N3O2. The van der Waals surface area contributed by atoms with E-state index in [1.807, 2.05) is 11.0 Å². The molecule has 132 valence electrons. The Hall–Kier alpha value is -1.82. The van der Waals surface area contributed by atoms with Crippen molar-refractivity contribution >= 4 is 5.69 Å². The zero-order valence-electron chi connectivity index (χ0n) is 13.4. The molecule has 1 aliphatic heterocycles. The van der Waals surface area contributed by atoms with E-state index < -0.39 is 17.3 Å². The van der Waals surface area contributed by atoms with Gasteiger partial charge >= 0.3 is 6.18 Å². The summed E-state index contributed by atoms with van der Waals surface area (Å²) in [6, 6.07) is 4.96. The lowest BCUT2D eigenvalue weighted by Gasteiger charge is -2.34. The zero-order valence-corrected chi connectivity index (χ0v) is 13.4. The van der Waals surface area contributed by atoms with Gasteiger partial charge in [0.05, 0.1) is 36.0 Å². The summed E-state index contributed by atoms with van der Waals surface area (Å²) in [5, 5.41) is 22.0. The van der Waals surface area contributed by atoms with Crippen molar-refractivity contribution in [2.45, 2.75) is 18.7 Å². The summed E-state index contributed by atoms with van der Waals surface area (Å²) in [5.41, 5.74) is -2.16. The van der Waals surface area contributed by atoms with Gasteiger partial charge in [-0.2, -0.15) is 18.4 Å². The minimum absolute atomic E-state index is 0.0671. The van der Waals surface area contributed by atoms with Crippen molar-refractivity contribution in [3.8, 4) is 6.07 Å². The van der Waals surface area contributed by atoms with E-state index in [2.05, 4.69) is 5.32 Å². The predicted octanol–water partition coefficient (Wildman–Crippen LogP) is 2.07. The fourth-order valence-electron chi connectivity index (χ4n) is 2.59. The van der Waals surface area contributed by atoms with Crippen LogP contribution >= 0.6 is 0 Å². The van der Waals surface area contributed by atoms with Crippen LogP contribution in [0.25, 0.3) is 0 Å². The second-order valence-electron chi connectivity index (χ2n) is 6.11. The van der Waals surface area contributed by atoms with E-state index in [-0.39, 0.29) is 17.8 Å². The van der Waals surface area contributed by atoms with Gasteiger partial charge in [-0.25, -0.2) is 0 Å². The Kier molecular flexibility index (Phi) is 5.70. The average molecular weight is 343 g/mol. The van der Waals surface area contributed by atoms with Gasteiger partial charge in [0.2, 0.25) is 0 Å². The number of morpholine rings is 1. The summed E-state index contributed by atoms with van der Waals surface area (Å²) >= 11 is 0. The van der Waals surface area contributed by atoms with Gasteiger partial charge < -0.3 is 15.2 Å². The van der Waals surface area contributed by atoms with Crippen LogP contribution in [-0.2, 0) is 10.9 Å². The molecule has 5 nitrogen and oxygen atoms in total. The molecule has 0 radical (unpaired) electrons. The van der Waals surface area contributed by atoms with Crippen molar-refractivity contribution in [1.29, 1.82) is 5.26 Å². The number of halogens is 3. The van der Waals surface area contributed by atoms with Crippen LogP contribution in [0.5, 0.6) is 0 Å². The quantitative estimate of drug-likeness (QED) is 0.857. The molecule has 1 aliphatic rings. The molecule has 1 aromatic carbocycles. The first-order valence-corrected chi connectivity index (χ1v) is 7.59. The highest BCUT2D eigenvalue weighted by Crippen LogP contribution is 2.35. The lowest BCUT2D eigenvalue weighted by atomic mass is 10.0. The number of ether oxygens (including phenoxy) is 1. The zero-order chi connectivity index (χ0) is 17.8. The van der Waals surface area contributed by atoms with Crippen LogP contribution in [0.15, 0.2) is 18.2 Å². The second-order valence-corrected chi connectivity index (χ2v) is 6.11. The topological polar surface area (TPSA) is 68.5 Å². The number of alkyl halides is 3. The third kappa shape index (κ3) is 5.09. The third-order valence-electron chi connectivity index (χ3n) is 3.78. The number of anilines is 1. The molecule has 1 aromatic rings. The first kappa shape index (κ1) is 18.5. The van der Waals surface area contributed by atoms with E-state index in [9.17, 15) is 18.3 Å². The molecule has 1 atom stereocenters. The Balaban J connectivity index is 2.08. The third-order valence-corrected chi connectivity index (χ3v) is 3.78. The minimum Gasteiger partial charge on any atom is -0.387 e. The Morgan fingerprint density at radius 1 is 1.33 bits per heavy atom. The molecule has 1 unspecified atom stereocenters. The van der Waals surface area contributed by atoms with Crippen LogP contribution < -0.4 is 5.32 Å². The Morgan fingerprint density at radius 3 is 2.58 bits per heavy atom. The van der Waals surface area contributed by atoms with Gasteiger partial charge in [-0.3, -0.25) is 4.90 Å². The minimum atomic E-state index is -4.54. The maximum absolute atomic E-state index is 13.1. The molecule has 0 aromatic heterocycles. The van der Waals surface area contributed by atoms with Gasteiger partial charge in [-0.1, -0.05) is 0 Å². The molecule has 0 spiro atoms. The molecule has 2 N–H and O–H groups in total.